The maximum atomic E-state index is 12.9. The average Bonchev–Trinajstić information content (AvgIpc) is 2.99. The van der Waals surface area contributed by atoms with Gasteiger partial charge in [-0.25, -0.2) is 4.79 Å². The van der Waals surface area contributed by atoms with Gasteiger partial charge >= 0.3 is 5.97 Å². The van der Waals surface area contributed by atoms with Crippen LogP contribution in [-0.4, -0.2) is 63.7 Å². The minimum Gasteiger partial charge on any atom is -0.476 e. The highest BCUT2D eigenvalue weighted by Crippen LogP contribution is 2.43. The molecule has 1 saturated heterocycles. The molecule has 1 atom stereocenters. The maximum absolute atomic E-state index is 12.9. The molecule has 1 amide bonds. The van der Waals surface area contributed by atoms with Gasteiger partial charge in [-0.3, -0.25) is 9.48 Å². The molecule has 0 radical (unpaired) electrons. The summed E-state index contributed by atoms with van der Waals surface area (Å²) in [6.07, 6.45) is 6.31. The second-order valence-electron chi connectivity index (χ2n) is 6.96. The molecule has 1 aliphatic carbocycles. The molecule has 0 spiro atoms. The van der Waals surface area contributed by atoms with Crippen LogP contribution in [0.5, 0.6) is 0 Å². The lowest BCUT2D eigenvalue weighted by molar-refractivity contribution is -0.154. The topological polar surface area (TPSA) is 97.5 Å². The summed E-state index contributed by atoms with van der Waals surface area (Å²) in [5, 5.41) is 16.4. The Morgan fingerprint density at radius 3 is 2.79 bits per heavy atom. The van der Waals surface area contributed by atoms with E-state index in [1.54, 1.807) is 11.8 Å². The monoisotopic (exact) mass is 336 g/mol. The number of aromatic nitrogens is 3. The van der Waals surface area contributed by atoms with Gasteiger partial charge in [0.1, 0.15) is 0 Å². The first-order valence-corrected chi connectivity index (χ1v) is 8.46. The van der Waals surface area contributed by atoms with Gasteiger partial charge in [0.15, 0.2) is 5.69 Å². The van der Waals surface area contributed by atoms with Crippen LogP contribution in [0.4, 0.5) is 0 Å². The molecule has 0 aromatic carbocycles. The van der Waals surface area contributed by atoms with Gasteiger partial charge in [0.2, 0.25) is 5.91 Å². The number of aromatic carboxylic acids is 1. The predicted octanol–water partition coefficient (Wildman–Crippen LogP) is 1.03. The zero-order valence-electron chi connectivity index (χ0n) is 14.0. The highest BCUT2D eigenvalue weighted by Gasteiger charge is 2.47. The maximum Gasteiger partial charge on any atom is 0.358 e. The second kappa shape index (κ2) is 6.88. The molecule has 2 heterocycles. The Bertz CT molecular complexity index is 611. The highest BCUT2D eigenvalue weighted by atomic mass is 16.5. The molecule has 1 aromatic heterocycles. The number of carbonyl (C=O) groups excluding carboxylic acids is 1. The van der Waals surface area contributed by atoms with Crippen LogP contribution in [0.15, 0.2) is 6.20 Å². The summed E-state index contributed by atoms with van der Waals surface area (Å²) in [6.45, 7) is 2.56. The Kier molecular flexibility index (Phi) is 4.84. The van der Waals surface area contributed by atoms with E-state index < -0.39 is 5.97 Å². The number of likely N-dealkylation sites (tertiary alicyclic amines) is 1. The first-order chi connectivity index (χ1) is 11.5. The van der Waals surface area contributed by atoms with Crippen molar-refractivity contribution >= 4 is 11.9 Å². The number of carboxylic acids is 1. The van der Waals surface area contributed by atoms with E-state index in [9.17, 15) is 9.59 Å². The van der Waals surface area contributed by atoms with Gasteiger partial charge in [0, 0.05) is 26.7 Å². The third-order valence-electron chi connectivity index (χ3n) is 5.19. The van der Waals surface area contributed by atoms with Gasteiger partial charge in [0.25, 0.3) is 0 Å². The number of methoxy groups -OCH3 is 1. The molecule has 1 N–H and O–H groups in total. The number of amides is 1. The molecule has 2 aliphatic rings. The van der Waals surface area contributed by atoms with Crippen LogP contribution >= 0.6 is 0 Å². The molecule has 0 bridgehead atoms. The van der Waals surface area contributed by atoms with Crippen molar-refractivity contribution in [3.8, 4) is 0 Å². The number of rotatable bonds is 6. The lowest BCUT2D eigenvalue weighted by Gasteiger charge is -2.45. The summed E-state index contributed by atoms with van der Waals surface area (Å²) in [5.74, 6) is -0.593. The number of piperidine rings is 1. The molecule has 1 aromatic rings. The number of carboxylic acid groups (broad SMARTS) is 1. The van der Waals surface area contributed by atoms with E-state index in [4.69, 9.17) is 9.84 Å². The third-order valence-corrected chi connectivity index (χ3v) is 5.19. The van der Waals surface area contributed by atoms with Crippen molar-refractivity contribution in [1.29, 1.82) is 0 Å². The summed E-state index contributed by atoms with van der Waals surface area (Å²) in [5.41, 5.74) is -0.368. The lowest BCUT2D eigenvalue weighted by atomic mass is 9.68. The van der Waals surface area contributed by atoms with Crippen molar-refractivity contribution < 1.29 is 19.4 Å². The van der Waals surface area contributed by atoms with Crippen molar-refractivity contribution in [1.82, 2.24) is 19.9 Å². The van der Waals surface area contributed by atoms with Crippen molar-refractivity contribution in [2.45, 2.75) is 38.6 Å². The SMILES string of the molecule is COCC1(C(=O)N2CCCC(Cn3cc(C(=O)O)nn3)C2)CCC1. The van der Waals surface area contributed by atoms with Gasteiger partial charge in [-0.15, -0.1) is 5.10 Å². The molecule has 8 heteroatoms. The molecule has 24 heavy (non-hydrogen) atoms. The van der Waals surface area contributed by atoms with E-state index in [-0.39, 0.29) is 22.9 Å². The fourth-order valence-electron chi connectivity index (χ4n) is 3.78. The van der Waals surface area contributed by atoms with Gasteiger partial charge in [0.05, 0.1) is 18.2 Å². The van der Waals surface area contributed by atoms with Crippen molar-refractivity contribution in [3.63, 3.8) is 0 Å². The average molecular weight is 336 g/mol. The summed E-state index contributed by atoms with van der Waals surface area (Å²) in [6, 6.07) is 0. The van der Waals surface area contributed by atoms with Crippen molar-refractivity contribution in [2.75, 3.05) is 26.8 Å². The Balaban J connectivity index is 1.61. The normalized spacial score (nSPS) is 22.9. The molecule has 132 valence electrons. The Labute approximate surface area is 140 Å². The van der Waals surface area contributed by atoms with E-state index in [1.807, 2.05) is 4.90 Å². The number of carbonyl (C=O) groups is 2. The van der Waals surface area contributed by atoms with E-state index >= 15 is 0 Å². The van der Waals surface area contributed by atoms with Crippen LogP contribution < -0.4 is 0 Å². The molecular weight excluding hydrogens is 312 g/mol. The predicted molar refractivity (Wildman–Crippen MR) is 84.4 cm³/mol. The molecule has 2 fully saturated rings. The summed E-state index contributed by atoms with van der Waals surface area (Å²) < 4.78 is 6.85. The third kappa shape index (κ3) is 3.28. The zero-order chi connectivity index (χ0) is 17.2. The van der Waals surface area contributed by atoms with E-state index in [2.05, 4.69) is 10.3 Å². The zero-order valence-corrected chi connectivity index (χ0v) is 14.0. The van der Waals surface area contributed by atoms with Gasteiger partial charge in [-0.1, -0.05) is 11.6 Å². The first kappa shape index (κ1) is 16.9. The van der Waals surface area contributed by atoms with Crippen LogP contribution in [0, 0.1) is 11.3 Å². The minimum absolute atomic E-state index is 0.0488. The van der Waals surface area contributed by atoms with Gasteiger partial charge in [-0.2, -0.15) is 0 Å². The number of nitrogens with zero attached hydrogens (tertiary/aromatic N) is 4. The standard InChI is InChI=1S/C16H24N4O4/c1-24-11-16(5-3-6-16)15(23)19-7-2-4-12(8-19)9-20-10-13(14(21)22)17-18-20/h10,12H,2-9,11H2,1H3,(H,21,22). The van der Waals surface area contributed by atoms with E-state index in [0.717, 1.165) is 38.6 Å². The fourth-order valence-corrected chi connectivity index (χ4v) is 3.78. The Morgan fingerprint density at radius 1 is 1.42 bits per heavy atom. The van der Waals surface area contributed by atoms with Crippen LogP contribution in [-0.2, 0) is 16.1 Å². The number of ether oxygens (including phenoxy) is 1. The highest BCUT2D eigenvalue weighted by molar-refractivity contribution is 5.84. The van der Waals surface area contributed by atoms with Crippen molar-refractivity contribution in [2.24, 2.45) is 11.3 Å². The second-order valence-corrected chi connectivity index (χ2v) is 6.96. The van der Waals surface area contributed by atoms with Gasteiger partial charge < -0.3 is 14.7 Å². The minimum atomic E-state index is -1.08. The fraction of sp³-hybridized carbons (Fsp3) is 0.750. The Morgan fingerprint density at radius 2 is 2.21 bits per heavy atom. The van der Waals surface area contributed by atoms with Crippen LogP contribution in [0.1, 0.15) is 42.6 Å². The molecule has 1 saturated carbocycles. The molecule has 1 unspecified atom stereocenters. The lowest BCUT2D eigenvalue weighted by Crippen LogP contribution is -2.53. The van der Waals surface area contributed by atoms with Crippen LogP contribution in [0.2, 0.25) is 0 Å². The number of hydrogen-bond donors (Lipinski definition) is 1. The summed E-state index contributed by atoms with van der Waals surface area (Å²) >= 11 is 0. The quantitative estimate of drug-likeness (QED) is 0.833. The molecule has 3 rings (SSSR count). The largest absolute Gasteiger partial charge is 0.476 e. The molecule has 8 nitrogen and oxygen atoms in total. The summed E-state index contributed by atoms with van der Waals surface area (Å²) in [4.78, 5) is 25.8. The van der Waals surface area contributed by atoms with Crippen molar-refractivity contribution in [3.05, 3.63) is 11.9 Å². The van der Waals surface area contributed by atoms with Crippen LogP contribution in [0.25, 0.3) is 0 Å². The summed E-state index contributed by atoms with van der Waals surface area (Å²) in [7, 11) is 1.65. The molecular formula is C16H24N4O4. The van der Waals surface area contributed by atoms with Gasteiger partial charge in [-0.05, 0) is 31.6 Å². The molecule has 1 aliphatic heterocycles. The first-order valence-electron chi connectivity index (χ1n) is 8.46. The number of hydrogen-bond acceptors (Lipinski definition) is 5. The van der Waals surface area contributed by atoms with Crippen LogP contribution in [0.3, 0.4) is 0 Å². The van der Waals surface area contributed by atoms with E-state index in [0.29, 0.717) is 19.7 Å². The Hall–Kier alpha value is -1.96. The van der Waals surface area contributed by atoms with E-state index in [1.165, 1.54) is 6.20 Å². The smallest absolute Gasteiger partial charge is 0.358 e.